The van der Waals surface area contributed by atoms with E-state index in [-0.39, 0.29) is 11.4 Å². The first-order chi connectivity index (χ1) is 13.5. The molecule has 6 nitrogen and oxygen atoms in total. The first-order valence-electron chi connectivity index (χ1n) is 9.14. The summed E-state index contributed by atoms with van der Waals surface area (Å²) in [5.41, 5.74) is 2.38. The molecule has 0 unspecified atom stereocenters. The van der Waals surface area contributed by atoms with E-state index in [1.54, 1.807) is 37.6 Å². The Kier molecular flexibility index (Phi) is 6.16. The van der Waals surface area contributed by atoms with Gasteiger partial charge in [0, 0.05) is 25.5 Å². The van der Waals surface area contributed by atoms with Crippen LogP contribution in [0.5, 0.6) is 5.75 Å². The van der Waals surface area contributed by atoms with Gasteiger partial charge in [-0.15, -0.1) is 0 Å². The minimum absolute atomic E-state index is 0.212. The van der Waals surface area contributed by atoms with Gasteiger partial charge in [-0.1, -0.05) is 31.2 Å². The number of ether oxygens (including phenoxy) is 1. The van der Waals surface area contributed by atoms with E-state index in [4.69, 9.17) is 4.74 Å². The van der Waals surface area contributed by atoms with Crippen molar-refractivity contribution >= 4 is 10.0 Å². The Hall–Kier alpha value is -2.64. The second kappa shape index (κ2) is 8.58. The third-order valence-corrected chi connectivity index (χ3v) is 6.71. The highest BCUT2D eigenvalue weighted by Crippen LogP contribution is 2.21. The summed E-state index contributed by atoms with van der Waals surface area (Å²) in [6, 6.07) is 14.6. The van der Waals surface area contributed by atoms with Crippen molar-refractivity contribution in [3.8, 4) is 5.75 Å². The molecule has 0 saturated heterocycles. The second-order valence-electron chi connectivity index (χ2n) is 6.50. The highest BCUT2D eigenvalue weighted by atomic mass is 32.2. The first-order valence-corrected chi connectivity index (χ1v) is 10.6. The van der Waals surface area contributed by atoms with Crippen molar-refractivity contribution in [1.29, 1.82) is 0 Å². The third-order valence-electron chi connectivity index (χ3n) is 4.77. The molecule has 3 rings (SSSR count). The van der Waals surface area contributed by atoms with Crippen LogP contribution in [0.4, 0.5) is 0 Å². The molecule has 0 radical (unpaired) electrons. The number of aryl methyl sites for hydroxylation is 1. The smallest absolute Gasteiger partial charge is 0.243 e. The predicted octanol–water partition coefficient (Wildman–Crippen LogP) is 3.46. The molecule has 28 heavy (non-hydrogen) atoms. The standard InChI is InChI=1S/C21H25N3O3S/c1-4-24(28(25,26)20-11-9-19(27-3)10-12-20)16-21-22-13-14-23(21)15-18-8-6-5-7-17(18)2/h5-14H,4,15-16H2,1-3H3. The Bertz CT molecular complexity index is 1030. The summed E-state index contributed by atoms with van der Waals surface area (Å²) in [4.78, 5) is 4.64. The maximum absolute atomic E-state index is 13.1. The summed E-state index contributed by atoms with van der Waals surface area (Å²) >= 11 is 0. The Labute approximate surface area is 166 Å². The predicted molar refractivity (Wildman–Crippen MR) is 109 cm³/mol. The minimum atomic E-state index is -3.63. The summed E-state index contributed by atoms with van der Waals surface area (Å²) in [6.07, 6.45) is 3.59. The van der Waals surface area contributed by atoms with Gasteiger partial charge in [-0.25, -0.2) is 13.4 Å². The summed E-state index contributed by atoms with van der Waals surface area (Å²) in [5, 5.41) is 0. The van der Waals surface area contributed by atoms with Crippen LogP contribution in [-0.4, -0.2) is 35.9 Å². The third kappa shape index (κ3) is 4.26. The van der Waals surface area contributed by atoms with Gasteiger partial charge < -0.3 is 9.30 Å². The van der Waals surface area contributed by atoms with E-state index in [9.17, 15) is 8.42 Å². The number of benzene rings is 2. The molecule has 0 atom stereocenters. The van der Waals surface area contributed by atoms with Crippen LogP contribution in [0.15, 0.2) is 65.8 Å². The van der Waals surface area contributed by atoms with Crippen LogP contribution in [0.25, 0.3) is 0 Å². The molecule has 0 amide bonds. The molecular formula is C21H25N3O3S. The Morgan fingerprint density at radius 2 is 1.82 bits per heavy atom. The summed E-state index contributed by atoms with van der Waals surface area (Å²) in [6.45, 7) is 5.12. The zero-order valence-corrected chi connectivity index (χ0v) is 17.2. The van der Waals surface area contributed by atoms with Crippen molar-refractivity contribution in [1.82, 2.24) is 13.9 Å². The summed E-state index contributed by atoms with van der Waals surface area (Å²) in [5.74, 6) is 1.33. The first kappa shape index (κ1) is 20.1. The number of hydrogen-bond donors (Lipinski definition) is 0. The van der Waals surface area contributed by atoms with Gasteiger partial charge in [0.05, 0.1) is 18.6 Å². The van der Waals surface area contributed by atoms with Gasteiger partial charge in [0.2, 0.25) is 10.0 Å². The lowest BCUT2D eigenvalue weighted by atomic mass is 10.1. The zero-order chi connectivity index (χ0) is 20.1. The fraction of sp³-hybridized carbons (Fsp3) is 0.286. The molecule has 0 N–H and O–H groups in total. The Morgan fingerprint density at radius 1 is 1.11 bits per heavy atom. The lowest BCUT2D eigenvalue weighted by Crippen LogP contribution is -2.31. The van der Waals surface area contributed by atoms with E-state index < -0.39 is 10.0 Å². The van der Waals surface area contributed by atoms with E-state index in [1.807, 2.05) is 29.8 Å². The second-order valence-corrected chi connectivity index (χ2v) is 8.44. The SMILES string of the molecule is CCN(Cc1nccn1Cc1ccccc1C)S(=O)(=O)c1ccc(OC)cc1. The molecule has 3 aromatic rings. The molecule has 2 aromatic carbocycles. The highest BCUT2D eigenvalue weighted by Gasteiger charge is 2.24. The van der Waals surface area contributed by atoms with Gasteiger partial charge in [-0.05, 0) is 42.3 Å². The number of aromatic nitrogens is 2. The molecule has 0 aliphatic heterocycles. The quantitative estimate of drug-likeness (QED) is 0.582. The summed E-state index contributed by atoms with van der Waals surface area (Å²) in [7, 11) is -2.07. The molecular weight excluding hydrogens is 374 g/mol. The fourth-order valence-corrected chi connectivity index (χ4v) is 4.43. The van der Waals surface area contributed by atoms with Gasteiger partial charge in [-0.2, -0.15) is 4.31 Å². The van der Waals surface area contributed by atoms with Crippen LogP contribution >= 0.6 is 0 Å². The maximum Gasteiger partial charge on any atom is 0.243 e. The largest absolute Gasteiger partial charge is 0.497 e. The molecule has 0 bridgehead atoms. The molecule has 1 aromatic heterocycles. The average molecular weight is 400 g/mol. The van der Waals surface area contributed by atoms with Crippen molar-refractivity contribution in [2.45, 2.75) is 31.8 Å². The zero-order valence-electron chi connectivity index (χ0n) is 16.4. The van der Waals surface area contributed by atoms with Gasteiger partial charge in [-0.3, -0.25) is 0 Å². The molecule has 148 valence electrons. The van der Waals surface area contributed by atoms with Gasteiger partial charge in [0.15, 0.2) is 0 Å². The average Bonchev–Trinajstić information content (AvgIpc) is 3.14. The van der Waals surface area contributed by atoms with Crippen LogP contribution in [0.2, 0.25) is 0 Å². The van der Waals surface area contributed by atoms with E-state index in [2.05, 4.69) is 24.0 Å². The van der Waals surface area contributed by atoms with Crippen molar-refractivity contribution in [3.63, 3.8) is 0 Å². The van der Waals surface area contributed by atoms with E-state index in [1.165, 1.54) is 15.4 Å². The van der Waals surface area contributed by atoms with Gasteiger partial charge in [0.25, 0.3) is 0 Å². The van der Waals surface area contributed by atoms with Crippen molar-refractivity contribution in [2.75, 3.05) is 13.7 Å². The number of methoxy groups -OCH3 is 1. The number of imidazole rings is 1. The summed E-state index contributed by atoms with van der Waals surface area (Å²) < 4.78 is 34.7. The normalized spacial score (nSPS) is 11.7. The Balaban J connectivity index is 1.83. The minimum Gasteiger partial charge on any atom is -0.497 e. The van der Waals surface area contributed by atoms with Crippen molar-refractivity contribution < 1.29 is 13.2 Å². The van der Waals surface area contributed by atoms with Crippen LogP contribution in [0.1, 0.15) is 23.9 Å². The number of nitrogens with zero attached hydrogens (tertiary/aromatic N) is 3. The Morgan fingerprint density at radius 3 is 2.46 bits per heavy atom. The highest BCUT2D eigenvalue weighted by molar-refractivity contribution is 7.89. The van der Waals surface area contributed by atoms with Crippen molar-refractivity contribution in [3.05, 3.63) is 77.9 Å². The van der Waals surface area contributed by atoms with Gasteiger partial charge in [0.1, 0.15) is 11.6 Å². The lowest BCUT2D eigenvalue weighted by Gasteiger charge is -2.21. The molecule has 1 heterocycles. The number of rotatable bonds is 8. The molecule has 0 spiro atoms. The lowest BCUT2D eigenvalue weighted by molar-refractivity contribution is 0.406. The van der Waals surface area contributed by atoms with Crippen LogP contribution in [-0.2, 0) is 23.1 Å². The van der Waals surface area contributed by atoms with E-state index in [0.717, 1.165) is 0 Å². The topological polar surface area (TPSA) is 64.4 Å². The van der Waals surface area contributed by atoms with E-state index >= 15 is 0 Å². The number of sulfonamides is 1. The molecule has 0 fully saturated rings. The van der Waals surface area contributed by atoms with Crippen molar-refractivity contribution in [2.24, 2.45) is 0 Å². The molecule has 0 aliphatic carbocycles. The molecule has 0 saturated carbocycles. The van der Waals surface area contributed by atoms with E-state index in [0.29, 0.717) is 24.7 Å². The number of hydrogen-bond acceptors (Lipinski definition) is 4. The molecule has 7 heteroatoms. The maximum atomic E-state index is 13.1. The van der Waals surface area contributed by atoms with Gasteiger partial charge >= 0.3 is 0 Å². The van der Waals surface area contributed by atoms with Crippen LogP contribution in [0.3, 0.4) is 0 Å². The van der Waals surface area contributed by atoms with Crippen LogP contribution in [0, 0.1) is 6.92 Å². The molecule has 0 aliphatic rings. The van der Waals surface area contributed by atoms with Crippen LogP contribution < -0.4 is 4.74 Å². The fourth-order valence-electron chi connectivity index (χ4n) is 3.03. The monoisotopic (exact) mass is 399 g/mol.